The Balaban J connectivity index is 1.98. The second-order valence-electron chi connectivity index (χ2n) is 8.17. The Bertz CT molecular complexity index is 857. The van der Waals surface area contributed by atoms with Crippen LogP contribution in [0.4, 0.5) is 10.5 Å². The van der Waals surface area contributed by atoms with Crippen LogP contribution in [0.15, 0.2) is 48.5 Å². The molecule has 0 fully saturated rings. The predicted octanol–water partition coefficient (Wildman–Crippen LogP) is 4.07. The molecule has 0 aliphatic carbocycles. The lowest BCUT2D eigenvalue weighted by Crippen LogP contribution is -2.34. The number of nitrogens with one attached hydrogen (secondary N) is 2. The average Bonchev–Trinajstić information content (AvgIpc) is 2.67. The fourth-order valence-electron chi connectivity index (χ4n) is 2.87. The SMILES string of the molecule is COc1cccc(C(CNC(=O)c2ccc(NC(=O)OC(C)(C)C)cc2)N(C)C)c1. The van der Waals surface area contributed by atoms with E-state index in [1.165, 1.54) is 0 Å². The summed E-state index contributed by atoms with van der Waals surface area (Å²) in [6.07, 6.45) is -0.535. The van der Waals surface area contributed by atoms with Crippen molar-refractivity contribution in [3.8, 4) is 5.75 Å². The third-order valence-corrected chi connectivity index (χ3v) is 4.35. The van der Waals surface area contributed by atoms with Crippen LogP contribution >= 0.6 is 0 Å². The summed E-state index contributed by atoms with van der Waals surface area (Å²) in [5, 5.41) is 5.62. The molecule has 1 unspecified atom stereocenters. The van der Waals surface area contributed by atoms with Crippen molar-refractivity contribution in [3.05, 3.63) is 59.7 Å². The van der Waals surface area contributed by atoms with E-state index in [0.29, 0.717) is 17.8 Å². The summed E-state index contributed by atoms with van der Waals surface area (Å²) in [7, 11) is 5.56. The molecule has 162 valence electrons. The van der Waals surface area contributed by atoms with Crippen LogP contribution in [0.2, 0.25) is 0 Å². The van der Waals surface area contributed by atoms with E-state index in [1.807, 2.05) is 43.3 Å². The standard InChI is InChI=1S/C23H31N3O4/c1-23(2,3)30-22(28)25-18-12-10-16(11-13-18)21(27)24-15-20(26(4)5)17-8-7-9-19(14-17)29-6/h7-14,20H,15H2,1-6H3,(H,24,27)(H,25,28). The van der Waals surface area contributed by atoms with Gasteiger partial charge in [0.25, 0.3) is 5.91 Å². The normalized spacial score (nSPS) is 12.2. The summed E-state index contributed by atoms with van der Waals surface area (Å²) in [6.45, 7) is 5.84. The molecule has 0 aliphatic rings. The third kappa shape index (κ3) is 7.08. The van der Waals surface area contributed by atoms with Gasteiger partial charge in [0.1, 0.15) is 11.4 Å². The highest BCUT2D eigenvalue weighted by Gasteiger charge is 2.18. The largest absolute Gasteiger partial charge is 0.497 e. The van der Waals surface area contributed by atoms with Crippen LogP contribution in [0.25, 0.3) is 0 Å². The fourth-order valence-corrected chi connectivity index (χ4v) is 2.87. The molecule has 0 aliphatic heterocycles. The summed E-state index contributed by atoms with van der Waals surface area (Å²) in [5.41, 5.74) is 1.54. The Hall–Kier alpha value is -3.06. The molecule has 1 atom stereocenters. The van der Waals surface area contributed by atoms with Gasteiger partial charge in [-0.15, -0.1) is 0 Å². The molecule has 0 aromatic heterocycles. The number of hydrogen-bond acceptors (Lipinski definition) is 5. The second kappa shape index (κ2) is 10.1. The minimum atomic E-state index is -0.574. The van der Waals surface area contributed by atoms with Crippen LogP contribution < -0.4 is 15.4 Å². The molecule has 7 nitrogen and oxygen atoms in total. The smallest absolute Gasteiger partial charge is 0.412 e. The molecule has 0 saturated heterocycles. The van der Waals surface area contributed by atoms with Gasteiger partial charge in [-0.2, -0.15) is 0 Å². The predicted molar refractivity (Wildman–Crippen MR) is 118 cm³/mol. The molecular weight excluding hydrogens is 382 g/mol. The molecule has 2 rings (SSSR count). The zero-order valence-corrected chi connectivity index (χ0v) is 18.5. The van der Waals surface area contributed by atoms with Crippen molar-refractivity contribution in [2.75, 3.05) is 33.1 Å². The Labute approximate surface area is 178 Å². The van der Waals surface area contributed by atoms with E-state index in [0.717, 1.165) is 11.3 Å². The lowest BCUT2D eigenvalue weighted by Gasteiger charge is -2.25. The van der Waals surface area contributed by atoms with Gasteiger partial charge in [-0.25, -0.2) is 4.79 Å². The van der Waals surface area contributed by atoms with Crippen molar-refractivity contribution < 1.29 is 19.1 Å². The lowest BCUT2D eigenvalue weighted by atomic mass is 10.1. The maximum atomic E-state index is 12.6. The molecule has 2 aromatic rings. The Morgan fingerprint density at radius 3 is 2.30 bits per heavy atom. The van der Waals surface area contributed by atoms with Crippen molar-refractivity contribution >= 4 is 17.7 Å². The van der Waals surface area contributed by atoms with Crippen LogP contribution in [0.5, 0.6) is 5.75 Å². The third-order valence-electron chi connectivity index (χ3n) is 4.35. The number of nitrogens with zero attached hydrogens (tertiary/aromatic N) is 1. The molecule has 0 bridgehead atoms. The van der Waals surface area contributed by atoms with Gasteiger partial charge in [0.15, 0.2) is 0 Å². The second-order valence-corrected chi connectivity index (χ2v) is 8.17. The van der Waals surface area contributed by atoms with E-state index in [-0.39, 0.29) is 11.9 Å². The van der Waals surface area contributed by atoms with Crippen molar-refractivity contribution in [2.45, 2.75) is 32.4 Å². The van der Waals surface area contributed by atoms with E-state index in [9.17, 15) is 9.59 Å². The first-order chi connectivity index (χ1) is 14.1. The van der Waals surface area contributed by atoms with E-state index in [4.69, 9.17) is 9.47 Å². The van der Waals surface area contributed by atoms with Crippen LogP contribution in [-0.4, -0.2) is 50.3 Å². The van der Waals surface area contributed by atoms with Crippen LogP contribution in [0, 0.1) is 0 Å². The number of rotatable bonds is 7. The Morgan fingerprint density at radius 2 is 1.73 bits per heavy atom. The summed E-state index contributed by atoms with van der Waals surface area (Å²) in [4.78, 5) is 26.5. The fraction of sp³-hybridized carbons (Fsp3) is 0.391. The topological polar surface area (TPSA) is 79.9 Å². The highest BCUT2D eigenvalue weighted by atomic mass is 16.6. The van der Waals surface area contributed by atoms with Crippen LogP contribution in [0.3, 0.4) is 0 Å². The van der Waals surface area contributed by atoms with Gasteiger partial charge in [0.05, 0.1) is 13.2 Å². The van der Waals surface area contributed by atoms with Gasteiger partial charge in [-0.1, -0.05) is 12.1 Å². The summed E-state index contributed by atoms with van der Waals surface area (Å²) >= 11 is 0. The monoisotopic (exact) mass is 413 g/mol. The molecule has 0 heterocycles. The molecule has 0 saturated carbocycles. The molecule has 0 radical (unpaired) electrons. The number of ether oxygens (including phenoxy) is 2. The van der Waals surface area contributed by atoms with Gasteiger partial charge in [-0.05, 0) is 76.8 Å². The summed E-state index contributed by atoms with van der Waals surface area (Å²) in [5.74, 6) is 0.590. The first-order valence-electron chi connectivity index (χ1n) is 9.77. The van der Waals surface area contributed by atoms with E-state index >= 15 is 0 Å². The van der Waals surface area contributed by atoms with Gasteiger partial charge < -0.3 is 19.7 Å². The number of hydrogen-bond donors (Lipinski definition) is 2. The van der Waals surface area contributed by atoms with E-state index in [2.05, 4.69) is 10.6 Å². The number of anilines is 1. The number of amides is 2. The zero-order chi connectivity index (χ0) is 22.3. The van der Waals surface area contributed by atoms with Crippen molar-refractivity contribution in [1.29, 1.82) is 0 Å². The summed E-state index contributed by atoms with van der Waals surface area (Å²) < 4.78 is 10.5. The van der Waals surface area contributed by atoms with Gasteiger partial charge >= 0.3 is 6.09 Å². The lowest BCUT2D eigenvalue weighted by molar-refractivity contribution is 0.0635. The van der Waals surface area contributed by atoms with Gasteiger partial charge in [0.2, 0.25) is 0 Å². The number of carbonyl (C=O) groups excluding carboxylic acids is 2. The molecule has 2 amide bonds. The molecule has 0 spiro atoms. The van der Waals surface area contributed by atoms with Crippen molar-refractivity contribution in [1.82, 2.24) is 10.2 Å². The van der Waals surface area contributed by atoms with E-state index < -0.39 is 11.7 Å². The Morgan fingerprint density at radius 1 is 1.07 bits per heavy atom. The number of methoxy groups -OCH3 is 1. The first-order valence-corrected chi connectivity index (χ1v) is 9.77. The molecule has 30 heavy (non-hydrogen) atoms. The molecular formula is C23H31N3O4. The zero-order valence-electron chi connectivity index (χ0n) is 18.5. The maximum Gasteiger partial charge on any atom is 0.412 e. The Kier molecular flexibility index (Phi) is 7.83. The minimum Gasteiger partial charge on any atom is -0.497 e. The number of benzene rings is 2. The highest BCUT2D eigenvalue weighted by molar-refractivity contribution is 5.95. The summed E-state index contributed by atoms with van der Waals surface area (Å²) in [6, 6.07) is 14.5. The number of likely N-dealkylation sites (N-methyl/N-ethyl adjacent to an activating group) is 1. The van der Waals surface area contributed by atoms with Gasteiger partial charge in [0, 0.05) is 17.8 Å². The maximum absolute atomic E-state index is 12.6. The quantitative estimate of drug-likeness (QED) is 0.715. The first kappa shape index (κ1) is 23.2. The minimum absolute atomic E-state index is 0.00263. The van der Waals surface area contributed by atoms with E-state index in [1.54, 1.807) is 52.1 Å². The van der Waals surface area contributed by atoms with Crippen LogP contribution in [-0.2, 0) is 4.74 Å². The molecule has 2 aromatic carbocycles. The van der Waals surface area contributed by atoms with Crippen LogP contribution in [0.1, 0.15) is 42.7 Å². The molecule has 2 N–H and O–H groups in total. The number of carbonyl (C=O) groups is 2. The van der Waals surface area contributed by atoms with Gasteiger partial charge in [-0.3, -0.25) is 10.1 Å². The molecule has 7 heteroatoms. The highest BCUT2D eigenvalue weighted by Crippen LogP contribution is 2.22. The van der Waals surface area contributed by atoms with Crippen molar-refractivity contribution in [3.63, 3.8) is 0 Å². The average molecular weight is 414 g/mol. The van der Waals surface area contributed by atoms with Crippen molar-refractivity contribution in [2.24, 2.45) is 0 Å².